The van der Waals surface area contributed by atoms with Crippen molar-refractivity contribution in [2.45, 2.75) is 37.8 Å². The summed E-state index contributed by atoms with van der Waals surface area (Å²) >= 11 is 0. The summed E-state index contributed by atoms with van der Waals surface area (Å²) in [6.07, 6.45) is 3.85. The molecular weight excluding hydrogens is 255 g/mol. The second kappa shape index (κ2) is 4.55. The summed E-state index contributed by atoms with van der Waals surface area (Å²) in [7, 11) is 0. The quantitative estimate of drug-likeness (QED) is 0.785. The molecule has 3 unspecified atom stereocenters. The largest absolute Gasteiger partial charge is 0.335 e. The van der Waals surface area contributed by atoms with Crippen LogP contribution in [0.15, 0.2) is 18.2 Å². The second-order valence-electron chi connectivity index (χ2n) is 6.19. The Kier molecular flexibility index (Phi) is 2.81. The normalized spacial score (nSPS) is 32.4. The summed E-state index contributed by atoms with van der Waals surface area (Å²) < 4.78 is 13.4. The van der Waals surface area contributed by atoms with Gasteiger partial charge in [0.05, 0.1) is 12.0 Å². The van der Waals surface area contributed by atoms with E-state index in [1.807, 2.05) is 11.0 Å². The molecule has 0 aliphatic carbocycles. The average molecular weight is 274 g/mol. The van der Waals surface area contributed by atoms with E-state index in [1.165, 1.54) is 6.07 Å². The van der Waals surface area contributed by atoms with Gasteiger partial charge in [0.25, 0.3) is 0 Å². The lowest BCUT2D eigenvalue weighted by Gasteiger charge is -2.48. The number of rotatable bonds is 0. The first-order chi connectivity index (χ1) is 9.74. The molecule has 0 aromatic heterocycles. The summed E-state index contributed by atoms with van der Waals surface area (Å²) in [5, 5.41) is 3.51. The molecule has 2 saturated heterocycles. The van der Waals surface area contributed by atoms with E-state index in [1.54, 1.807) is 6.07 Å². The highest BCUT2D eigenvalue weighted by atomic mass is 19.1. The fourth-order valence-electron chi connectivity index (χ4n) is 4.15. The van der Waals surface area contributed by atoms with Crippen molar-refractivity contribution in [2.24, 2.45) is 5.92 Å². The Bertz CT molecular complexity index is 559. The van der Waals surface area contributed by atoms with E-state index in [2.05, 4.69) is 5.32 Å². The molecule has 3 atom stereocenters. The number of fused-ring (bicyclic) bond motifs is 4. The third-order valence-electron chi connectivity index (χ3n) is 5.12. The lowest BCUT2D eigenvalue weighted by molar-refractivity contribution is -0.145. The molecule has 0 bridgehead atoms. The molecule has 0 spiro atoms. The molecule has 3 aliphatic rings. The van der Waals surface area contributed by atoms with Gasteiger partial charge in [0, 0.05) is 12.6 Å². The molecule has 4 rings (SSSR count). The lowest BCUT2D eigenvalue weighted by atomic mass is 9.77. The molecule has 1 aromatic carbocycles. The second-order valence-corrected chi connectivity index (χ2v) is 6.19. The maximum atomic E-state index is 13.4. The van der Waals surface area contributed by atoms with Crippen LogP contribution in [0.5, 0.6) is 0 Å². The van der Waals surface area contributed by atoms with E-state index >= 15 is 0 Å². The number of carbonyl (C=O) groups is 1. The van der Waals surface area contributed by atoms with Crippen LogP contribution in [0.25, 0.3) is 0 Å². The van der Waals surface area contributed by atoms with Gasteiger partial charge in [0.15, 0.2) is 0 Å². The van der Waals surface area contributed by atoms with Crippen LogP contribution in [0, 0.1) is 11.7 Å². The van der Waals surface area contributed by atoms with Gasteiger partial charge >= 0.3 is 0 Å². The van der Waals surface area contributed by atoms with Crippen molar-refractivity contribution in [3.8, 4) is 0 Å². The first kappa shape index (κ1) is 12.3. The summed E-state index contributed by atoms with van der Waals surface area (Å²) in [5.74, 6) is 0.281. The Labute approximate surface area is 118 Å². The predicted molar refractivity (Wildman–Crippen MR) is 73.7 cm³/mol. The number of benzene rings is 1. The Morgan fingerprint density at radius 2 is 2.25 bits per heavy atom. The number of nitrogens with zero attached hydrogens (tertiary/aromatic N) is 1. The zero-order chi connectivity index (χ0) is 13.7. The molecule has 0 radical (unpaired) electrons. The fraction of sp³-hybridized carbons (Fsp3) is 0.562. The highest BCUT2D eigenvalue weighted by Crippen LogP contribution is 2.41. The monoisotopic (exact) mass is 274 g/mol. The predicted octanol–water partition coefficient (Wildman–Crippen LogP) is 2.02. The Morgan fingerprint density at radius 1 is 1.35 bits per heavy atom. The molecular formula is C16H19FN2O. The third kappa shape index (κ3) is 1.78. The number of piperidine rings is 2. The summed E-state index contributed by atoms with van der Waals surface area (Å²) in [5.41, 5.74) is 2.23. The minimum absolute atomic E-state index is 0.138. The van der Waals surface area contributed by atoms with Crippen LogP contribution in [0.3, 0.4) is 0 Å². The number of nitrogens with one attached hydrogen (secondary N) is 1. The first-order valence-electron chi connectivity index (χ1n) is 7.56. The fourth-order valence-corrected chi connectivity index (χ4v) is 4.15. The van der Waals surface area contributed by atoms with Gasteiger partial charge in [0.2, 0.25) is 5.91 Å². The third-order valence-corrected chi connectivity index (χ3v) is 5.12. The first-order valence-corrected chi connectivity index (χ1v) is 7.56. The van der Waals surface area contributed by atoms with Crippen LogP contribution in [-0.2, 0) is 11.2 Å². The number of carbonyl (C=O) groups excluding carboxylic acids is 1. The highest BCUT2D eigenvalue weighted by molar-refractivity contribution is 5.81. The molecule has 3 nitrogen and oxygen atoms in total. The van der Waals surface area contributed by atoms with Crippen LogP contribution in [0.2, 0.25) is 0 Å². The van der Waals surface area contributed by atoms with Crippen LogP contribution in [0.1, 0.15) is 36.4 Å². The molecule has 1 amide bonds. The molecule has 4 heteroatoms. The van der Waals surface area contributed by atoms with Crippen molar-refractivity contribution >= 4 is 5.91 Å². The number of hydrogen-bond donors (Lipinski definition) is 1. The lowest BCUT2D eigenvalue weighted by Crippen LogP contribution is -2.57. The van der Waals surface area contributed by atoms with E-state index in [0.29, 0.717) is 11.9 Å². The van der Waals surface area contributed by atoms with Crippen LogP contribution in [-0.4, -0.2) is 29.9 Å². The van der Waals surface area contributed by atoms with Crippen LogP contribution in [0.4, 0.5) is 4.39 Å². The Hall–Kier alpha value is -1.42. The van der Waals surface area contributed by atoms with Crippen molar-refractivity contribution in [3.63, 3.8) is 0 Å². The van der Waals surface area contributed by atoms with Crippen LogP contribution >= 0.6 is 0 Å². The van der Waals surface area contributed by atoms with Gasteiger partial charge in [-0.3, -0.25) is 4.79 Å². The SMILES string of the molecule is O=C1C2CCCNC2CC2c3ccc(F)cc3CCN12. The van der Waals surface area contributed by atoms with Gasteiger partial charge in [-0.1, -0.05) is 6.07 Å². The van der Waals surface area contributed by atoms with Crippen molar-refractivity contribution in [3.05, 3.63) is 35.1 Å². The molecule has 20 heavy (non-hydrogen) atoms. The maximum Gasteiger partial charge on any atom is 0.227 e. The van der Waals surface area contributed by atoms with Gasteiger partial charge in [-0.2, -0.15) is 0 Å². The molecule has 3 heterocycles. The Balaban J connectivity index is 1.71. The van der Waals surface area contributed by atoms with Gasteiger partial charge in [-0.25, -0.2) is 4.39 Å². The van der Waals surface area contributed by atoms with E-state index < -0.39 is 0 Å². The zero-order valence-electron chi connectivity index (χ0n) is 11.4. The minimum Gasteiger partial charge on any atom is -0.335 e. The van der Waals surface area contributed by atoms with Gasteiger partial charge < -0.3 is 10.2 Å². The molecule has 2 fully saturated rings. The molecule has 1 N–H and O–H groups in total. The highest BCUT2D eigenvalue weighted by Gasteiger charge is 2.44. The minimum atomic E-state index is -0.173. The molecule has 106 valence electrons. The van der Waals surface area contributed by atoms with Gasteiger partial charge in [-0.15, -0.1) is 0 Å². The van der Waals surface area contributed by atoms with Crippen molar-refractivity contribution < 1.29 is 9.18 Å². The molecule has 0 saturated carbocycles. The summed E-state index contributed by atoms with van der Waals surface area (Å²) in [6.45, 7) is 1.75. The number of halogens is 1. The average Bonchev–Trinajstić information content (AvgIpc) is 2.47. The van der Waals surface area contributed by atoms with Crippen molar-refractivity contribution in [2.75, 3.05) is 13.1 Å². The number of amides is 1. The summed E-state index contributed by atoms with van der Waals surface area (Å²) in [6, 6.07) is 5.47. The molecule has 3 aliphatic heterocycles. The van der Waals surface area contributed by atoms with Crippen LogP contribution < -0.4 is 5.32 Å². The van der Waals surface area contributed by atoms with E-state index in [-0.39, 0.29) is 17.8 Å². The zero-order valence-corrected chi connectivity index (χ0v) is 11.4. The maximum absolute atomic E-state index is 13.4. The molecule has 1 aromatic rings. The van der Waals surface area contributed by atoms with E-state index in [4.69, 9.17) is 0 Å². The van der Waals surface area contributed by atoms with Crippen molar-refractivity contribution in [1.82, 2.24) is 10.2 Å². The standard InChI is InChI=1S/C16H19FN2O/c17-11-3-4-12-10(8-11)5-7-19-15(12)9-14-13(16(19)20)2-1-6-18-14/h3-4,8,13-15,18H,1-2,5-7,9H2. The van der Waals surface area contributed by atoms with E-state index in [9.17, 15) is 9.18 Å². The smallest absolute Gasteiger partial charge is 0.227 e. The number of hydrogen-bond acceptors (Lipinski definition) is 2. The van der Waals surface area contributed by atoms with Gasteiger partial charge in [-0.05, 0) is 55.5 Å². The summed E-state index contributed by atoms with van der Waals surface area (Å²) in [4.78, 5) is 14.7. The van der Waals surface area contributed by atoms with E-state index in [0.717, 1.165) is 49.9 Å². The van der Waals surface area contributed by atoms with Crippen molar-refractivity contribution in [1.29, 1.82) is 0 Å². The topological polar surface area (TPSA) is 32.3 Å². The van der Waals surface area contributed by atoms with Gasteiger partial charge in [0.1, 0.15) is 5.82 Å². The Morgan fingerprint density at radius 3 is 3.15 bits per heavy atom.